The number of nitrogens with one attached hydrogen (secondary N) is 1. The number of rotatable bonds is 5. The fraction of sp³-hybridized carbons (Fsp3) is 0.500. The van der Waals surface area contributed by atoms with Crippen LogP contribution >= 0.6 is 15.9 Å². The highest BCUT2D eigenvalue weighted by Gasteiger charge is 2.28. The number of aliphatic hydroxyl groups excluding tert-OH is 1. The Balaban J connectivity index is 1.79. The van der Waals surface area contributed by atoms with Crippen LogP contribution in [0.15, 0.2) is 22.7 Å². The van der Waals surface area contributed by atoms with Crippen molar-refractivity contribution in [3.05, 3.63) is 34.1 Å². The first-order valence-corrected chi connectivity index (χ1v) is 6.28. The highest BCUT2D eigenvalue weighted by molar-refractivity contribution is 9.10. The van der Waals surface area contributed by atoms with E-state index >= 15 is 0 Å². The van der Waals surface area contributed by atoms with Gasteiger partial charge in [-0.25, -0.2) is 4.39 Å². The molecule has 88 valence electrons. The first-order valence-electron chi connectivity index (χ1n) is 5.49. The molecule has 0 saturated heterocycles. The fourth-order valence-corrected chi connectivity index (χ4v) is 2.24. The van der Waals surface area contributed by atoms with Crippen molar-refractivity contribution in [3.63, 3.8) is 0 Å². The molecule has 1 aliphatic rings. The van der Waals surface area contributed by atoms with E-state index in [0.29, 0.717) is 19.0 Å². The lowest BCUT2D eigenvalue weighted by Gasteiger charge is -2.10. The van der Waals surface area contributed by atoms with Gasteiger partial charge in [0.25, 0.3) is 0 Å². The second-order valence-electron chi connectivity index (χ2n) is 4.31. The maximum atomic E-state index is 13.0. The third kappa shape index (κ3) is 3.54. The number of hydrogen-bond acceptors (Lipinski definition) is 2. The molecule has 1 atom stereocenters. The van der Waals surface area contributed by atoms with Gasteiger partial charge in [-0.15, -0.1) is 0 Å². The van der Waals surface area contributed by atoms with Crippen LogP contribution in [0.5, 0.6) is 0 Å². The Morgan fingerprint density at radius 2 is 2.19 bits per heavy atom. The van der Waals surface area contributed by atoms with Gasteiger partial charge in [0, 0.05) is 17.6 Å². The summed E-state index contributed by atoms with van der Waals surface area (Å²) in [6.07, 6.45) is 2.01. The molecule has 2 N–H and O–H groups in total. The molecular weight excluding hydrogens is 273 g/mol. The normalized spacial score (nSPS) is 17.4. The second-order valence-corrected chi connectivity index (χ2v) is 5.23. The van der Waals surface area contributed by atoms with E-state index < -0.39 is 0 Å². The molecule has 16 heavy (non-hydrogen) atoms. The molecule has 1 saturated carbocycles. The van der Waals surface area contributed by atoms with E-state index in [-0.39, 0.29) is 11.9 Å². The van der Waals surface area contributed by atoms with Crippen LogP contribution in [0.4, 0.5) is 4.39 Å². The van der Waals surface area contributed by atoms with E-state index in [9.17, 15) is 9.50 Å². The predicted octanol–water partition coefficient (Wildman–Crippen LogP) is 2.45. The SMILES string of the molecule is OC(CNCc1cc(F)cc(Br)c1)C1CC1. The van der Waals surface area contributed by atoms with Crippen molar-refractivity contribution < 1.29 is 9.50 Å². The summed E-state index contributed by atoms with van der Waals surface area (Å²) in [5.41, 5.74) is 0.884. The molecule has 0 radical (unpaired) electrons. The minimum absolute atomic E-state index is 0.242. The highest BCUT2D eigenvalue weighted by atomic mass is 79.9. The molecule has 0 heterocycles. The molecule has 1 unspecified atom stereocenters. The van der Waals surface area contributed by atoms with Crippen molar-refractivity contribution in [2.24, 2.45) is 5.92 Å². The Bertz CT molecular complexity index is 348. The monoisotopic (exact) mass is 287 g/mol. The summed E-state index contributed by atoms with van der Waals surface area (Å²) in [5.74, 6) is 0.237. The summed E-state index contributed by atoms with van der Waals surface area (Å²) in [5, 5.41) is 12.8. The van der Waals surface area contributed by atoms with Crippen LogP contribution < -0.4 is 5.32 Å². The third-order valence-electron chi connectivity index (χ3n) is 2.77. The number of halogens is 2. The zero-order valence-electron chi connectivity index (χ0n) is 8.92. The van der Waals surface area contributed by atoms with Gasteiger partial charge in [-0.05, 0) is 42.5 Å². The largest absolute Gasteiger partial charge is 0.392 e. The van der Waals surface area contributed by atoms with E-state index in [1.165, 1.54) is 12.1 Å². The van der Waals surface area contributed by atoms with Gasteiger partial charge in [0.05, 0.1) is 6.10 Å². The Labute approximate surface area is 103 Å². The fourth-order valence-electron chi connectivity index (χ4n) is 1.73. The van der Waals surface area contributed by atoms with Gasteiger partial charge < -0.3 is 10.4 Å². The van der Waals surface area contributed by atoms with E-state index in [0.717, 1.165) is 22.9 Å². The van der Waals surface area contributed by atoms with E-state index in [1.807, 2.05) is 6.07 Å². The minimum Gasteiger partial charge on any atom is -0.392 e. The first-order chi connectivity index (χ1) is 7.65. The van der Waals surface area contributed by atoms with Crippen molar-refractivity contribution in [3.8, 4) is 0 Å². The molecule has 1 fully saturated rings. The predicted molar refractivity (Wildman–Crippen MR) is 64.5 cm³/mol. The maximum Gasteiger partial charge on any atom is 0.124 e. The standard InChI is InChI=1S/C12H15BrFNO/c13-10-3-8(4-11(14)5-10)6-15-7-12(16)9-1-2-9/h3-5,9,12,15-16H,1-2,6-7H2. The lowest BCUT2D eigenvalue weighted by Crippen LogP contribution is -2.27. The Hall–Kier alpha value is -0.450. The van der Waals surface area contributed by atoms with Crippen molar-refractivity contribution >= 4 is 15.9 Å². The van der Waals surface area contributed by atoms with Gasteiger partial charge in [-0.2, -0.15) is 0 Å². The van der Waals surface area contributed by atoms with E-state index in [4.69, 9.17) is 0 Å². The molecule has 1 aromatic carbocycles. The molecule has 0 spiro atoms. The molecule has 1 aromatic rings. The quantitative estimate of drug-likeness (QED) is 0.872. The number of aliphatic hydroxyl groups is 1. The lowest BCUT2D eigenvalue weighted by atomic mass is 10.2. The van der Waals surface area contributed by atoms with E-state index in [2.05, 4.69) is 21.2 Å². The van der Waals surface area contributed by atoms with Crippen molar-refractivity contribution in [2.75, 3.05) is 6.54 Å². The highest BCUT2D eigenvalue weighted by Crippen LogP contribution is 2.32. The minimum atomic E-state index is -0.253. The summed E-state index contributed by atoms with van der Waals surface area (Å²) in [6, 6.07) is 4.81. The Morgan fingerprint density at radius 1 is 1.44 bits per heavy atom. The molecule has 0 aliphatic heterocycles. The third-order valence-corrected chi connectivity index (χ3v) is 3.23. The molecule has 4 heteroatoms. The molecule has 2 rings (SSSR count). The second kappa shape index (κ2) is 5.25. The summed E-state index contributed by atoms with van der Waals surface area (Å²) >= 11 is 3.25. The van der Waals surface area contributed by atoms with Gasteiger partial charge in [-0.3, -0.25) is 0 Å². The zero-order valence-corrected chi connectivity index (χ0v) is 10.5. The van der Waals surface area contributed by atoms with Crippen molar-refractivity contribution in [2.45, 2.75) is 25.5 Å². The Kier molecular flexibility index (Phi) is 3.95. The van der Waals surface area contributed by atoms with Crippen LogP contribution in [-0.2, 0) is 6.54 Å². The average Bonchev–Trinajstić information content (AvgIpc) is 2.98. The van der Waals surface area contributed by atoms with Crippen LogP contribution in [0.25, 0.3) is 0 Å². The van der Waals surface area contributed by atoms with Gasteiger partial charge in [0.1, 0.15) is 5.82 Å². The molecular formula is C12H15BrFNO. The molecule has 1 aliphatic carbocycles. The maximum absolute atomic E-state index is 13.0. The first kappa shape index (κ1) is 12.0. The number of benzene rings is 1. The molecule has 0 bridgehead atoms. The summed E-state index contributed by atoms with van der Waals surface area (Å²) in [6.45, 7) is 1.17. The van der Waals surface area contributed by atoms with Gasteiger partial charge in [0.2, 0.25) is 0 Å². The lowest BCUT2D eigenvalue weighted by molar-refractivity contribution is 0.148. The van der Waals surface area contributed by atoms with Crippen LogP contribution in [0.2, 0.25) is 0 Å². The van der Waals surface area contributed by atoms with Crippen LogP contribution in [0.3, 0.4) is 0 Å². The van der Waals surface area contributed by atoms with Gasteiger partial charge in [-0.1, -0.05) is 15.9 Å². The summed E-state index contributed by atoms with van der Waals surface area (Å²) < 4.78 is 13.8. The van der Waals surface area contributed by atoms with E-state index in [1.54, 1.807) is 0 Å². The van der Waals surface area contributed by atoms with Crippen LogP contribution in [0, 0.1) is 11.7 Å². The average molecular weight is 288 g/mol. The summed E-state index contributed by atoms with van der Waals surface area (Å²) in [7, 11) is 0. The van der Waals surface area contributed by atoms with Gasteiger partial charge >= 0.3 is 0 Å². The summed E-state index contributed by atoms with van der Waals surface area (Å²) in [4.78, 5) is 0. The molecule has 0 aromatic heterocycles. The van der Waals surface area contributed by atoms with Crippen molar-refractivity contribution in [1.29, 1.82) is 0 Å². The van der Waals surface area contributed by atoms with Crippen LogP contribution in [-0.4, -0.2) is 17.8 Å². The smallest absolute Gasteiger partial charge is 0.124 e. The zero-order chi connectivity index (χ0) is 11.5. The number of hydrogen-bond donors (Lipinski definition) is 2. The molecule has 0 amide bonds. The molecule has 2 nitrogen and oxygen atoms in total. The van der Waals surface area contributed by atoms with Crippen molar-refractivity contribution in [1.82, 2.24) is 5.32 Å². The van der Waals surface area contributed by atoms with Crippen LogP contribution in [0.1, 0.15) is 18.4 Å². The van der Waals surface area contributed by atoms with Gasteiger partial charge in [0.15, 0.2) is 0 Å². The topological polar surface area (TPSA) is 32.3 Å². The Morgan fingerprint density at radius 3 is 2.81 bits per heavy atom.